The largest absolute Gasteiger partial charge is 0.329 e. The van der Waals surface area contributed by atoms with Crippen LogP contribution in [0, 0.1) is 17.0 Å². The van der Waals surface area contributed by atoms with Crippen molar-refractivity contribution in [3.63, 3.8) is 0 Å². The summed E-state index contributed by atoms with van der Waals surface area (Å²) in [5.41, 5.74) is 5.05. The van der Waals surface area contributed by atoms with Gasteiger partial charge in [0.05, 0.1) is 27.6 Å². The van der Waals surface area contributed by atoms with Crippen LogP contribution in [0.1, 0.15) is 24.1 Å². The number of nitro benzene ring substituents is 1. The fourth-order valence-electron chi connectivity index (χ4n) is 4.22. The summed E-state index contributed by atoms with van der Waals surface area (Å²) in [4.78, 5) is 29.3. The number of aryl methyl sites for hydroxylation is 1. The monoisotopic (exact) mass is 439 g/mol. The lowest BCUT2D eigenvalue weighted by Gasteiger charge is -2.30. The fourth-order valence-corrected chi connectivity index (χ4v) is 4.22. The second-order valence-corrected chi connectivity index (χ2v) is 8.03. The summed E-state index contributed by atoms with van der Waals surface area (Å²) < 4.78 is 1.92. The summed E-state index contributed by atoms with van der Waals surface area (Å²) in [7, 11) is 0. The van der Waals surface area contributed by atoms with Gasteiger partial charge in [-0.25, -0.2) is 4.98 Å². The van der Waals surface area contributed by atoms with E-state index in [-0.39, 0.29) is 11.6 Å². The standard InChI is InChI=1S/C25H21N5O3/c1-15-10-12-18(13-11-15)27-24(31)22-16(2)26-25-28-20-8-3-4-9-21(20)29(25)23(22)17-6-5-7-19(14-17)30(32)33/h3-14,23H,1-2H3,(H,26,28)(H,27,31). The van der Waals surface area contributed by atoms with E-state index in [4.69, 9.17) is 0 Å². The number of nitrogens with one attached hydrogen (secondary N) is 2. The summed E-state index contributed by atoms with van der Waals surface area (Å²) in [6, 6.07) is 21.0. The van der Waals surface area contributed by atoms with E-state index in [1.54, 1.807) is 12.1 Å². The molecule has 2 N–H and O–H groups in total. The molecular weight excluding hydrogens is 418 g/mol. The number of carbonyl (C=O) groups excluding carboxylic acids is 1. The minimum absolute atomic E-state index is 0.0343. The molecule has 1 amide bonds. The second kappa shape index (κ2) is 7.90. The van der Waals surface area contributed by atoms with Gasteiger partial charge in [0.1, 0.15) is 0 Å². The maximum absolute atomic E-state index is 13.6. The molecule has 3 aromatic carbocycles. The number of hydrogen-bond donors (Lipinski definition) is 2. The van der Waals surface area contributed by atoms with Crippen LogP contribution in [0.5, 0.6) is 0 Å². The number of rotatable bonds is 4. The van der Waals surface area contributed by atoms with Crippen LogP contribution >= 0.6 is 0 Å². The van der Waals surface area contributed by atoms with Crippen LogP contribution in [0.15, 0.2) is 84.1 Å². The second-order valence-electron chi connectivity index (χ2n) is 8.03. The molecule has 0 spiro atoms. The third-order valence-electron chi connectivity index (χ3n) is 5.78. The van der Waals surface area contributed by atoms with Crippen molar-refractivity contribution in [1.29, 1.82) is 0 Å². The molecule has 164 valence electrons. The molecule has 8 nitrogen and oxygen atoms in total. The van der Waals surface area contributed by atoms with E-state index in [2.05, 4.69) is 15.6 Å². The molecule has 5 rings (SSSR count). The predicted octanol–water partition coefficient (Wildman–Crippen LogP) is 5.18. The quantitative estimate of drug-likeness (QED) is 0.337. The maximum Gasteiger partial charge on any atom is 0.269 e. The number of benzene rings is 3. The molecule has 1 aliphatic heterocycles. The Bertz CT molecular complexity index is 1440. The minimum Gasteiger partial charge on any atom is -0.329 e. The number of allylic oxidation sites excluding steroid dienone is 1. The van der Waals surface area contributed by atoms with Gasteiger partial charge in [-0.1, -0.05) is 42.0 Å². The van der Waals surface area contributed by atoms with Crippen molar-refractivity contribution < 1.29 is 9.72 Å². The highest BCUT2D eigenvalue weighted by molar-refractivity contribution is 6.06. The van der Waals surface area contributed by atoms with Gasteiger partial charge in [0.25, 0.3) is 11.6 Å². The van der Waals surface area contributed by atoms with Crippen molar-refractivity contribution in [2.24, 2.45) is 0 Å². The van der Waals surface area contributed by atoms with Gasteiger partial charge in [0.2, 0.25) is 5.95 Å². The summed E-state index contributed by atoms with van der Waals surface area (Å²) in [6.45, 7) is 3.80. The third-order valence-corrected chi connectivity index (χ3v) is 5.78. The van der Waals surface area contributed by atoms with Gasteiger partial charge in [0, 0.05) is 23.5 Å². The Morgan fingerprint density at radius 1 is 1.06 bits per heavy atom. The Morgan fingerprint density at radius 2 is 1.82 bits per heavy atom. The van der Waals surface area contributed by atoms with E-state index in [1.165, 1.54) is 12.1 Å². The van der Waals surface area contributed by atoms with E-state index in [0.717, 1.165) is 16.6 Å². The lowest BCUT2D eigenvalue weighted by Crippen LogP contribution is -2.31. The van der Waals surface area contributed by atoms with Gasteiger partial charge in [-0.2, -0.15) is 0 Å². The lowest BCUT2D eigenvalue weighted by molar-refractivity contribution is -0.384. The highest BCUT2D eigenvalue weighted by atomic mass is 16.6. The smallest absolute Gasteiger partial charge is 0.269 e. The van der Waals surface area contributed by atoms with Crippen LogP contribution in [-0.2, 0) is 4.79 Å². The fraction of sp³-hybridized carbons (Fsp3) is 0.120. The average molecular weight is 439 g/mol. The first-order valence-electron chi connectivity index (χ1n) is 10.5. The highest BCUT2D eigenvalue weighted by Crippen LogP contribution is 2.40. The molecule has 0 radical (unpaired) electrons. The maximum atomic E-state index is 13.6. The van der Waals surface area contributed by atoms with E-state index in [0.29, 0.717) is 28.5 Å². The SMILES string of the molecule is CC1=C(C(=O)Nc2ccc(C)cc2)C(c2cccc([N+](=O)[O-])c2)n2c(nc3ccccc32)N1. The van der Waals surface area contributed by atoms with E-state index < -0.39 is 11.0 Å². The average Bonchev–Trinajstić information content (AvgIpc) is 3.17. The van der Waals surface area contributed by atoms with Crippen molar-refractivity contribution >= 4 is 34.3 Å². The molecule has 1 atom stereocenters. The number of aromatic nitrogens is 2. The van der Waals surface area contributed by atoms with Gasteiger partial charge in [-0.05, 0) is 43.7 Å². The molecule has 1 aliphatic rings. The van der Waals surface area contributed by atoms with Crippen molar-refractivity contribution in [3.05, 3.63) is 105 Å². The van der Waals surface area contributed by atoms with Gasteiger partial charge < -0.3 is 10.6 Å². The van der Waals surface area contributed by atoms with Crippen molar-refractivity contribution in [1.82, 2.24) is 9.55 Å². The first-order chi connectivity index (χ1) is 15.9. The van der Waals surface area contributed by atoms with Crippen LogP contribution in [0.4, 0.5) is 17.3 Å². The Kier molecular flexibility index (Phi) is 4.90. The van der Waals surface area contributed by atoms with Gasteiger partial charge in [0.15, 0.2) is 0 Å². The number of fused-ring (bicyclic) bond motifs is 3. The topological polar surface area (TPSA) is 102 Å². The first-order valence-corrected chi connectivity index (χ1v) is 10.5. The number of hydrogen-bond acceptors (Lipinski definition) is 5. The van der Waals surface area contributed by atoms with Gasteiger partial charge >= 0.3 is 0 Å². The number of imidazole rings is 1. The molecular formula is C25H21N5O3. The van der Waals surface area contributed by atoms with Crippen LogP contribution in [-0.4, -0.2) is 20.4 Å². The summed E-state index contributed by atoms with van der Waals surface area (Å²) >= 11 is 0. The number of para-hydroxylation sites is 2. The molecule has 2 heterocycles. The van der Waals surface area contributed by atoms with E-state index in [1.807, 2.05) is 66.9 Å². The molecule has 0 bridgehead atoms. The molecule has 1 unspecified atom stereocenters. The zero-order chi connectivity index (χ0) is 23.1. The molecule has 33 heavy (non-hydrogen) atoms. The number of amides is 1. The van der Waals surface area contributed by atoms with E-state index >= 15 is 0 Å². The molecule has 0 saturated carbocycles. The highest BCUT2D eigenvalue weighted by Gasteiger charge is 2.34. The Labute approximate surface area is 189 Å². The normalized spacial score (nSPS) is 15.2. The van der Waals surface area contributed by atoms with Crippen LogP contribution in [0.25, 0.3) is 11.0 Å². The molecule has 0 saturated heterocycles. The Hall–Kier alpha value is -4.46. The van der Waals surface area contributed by atoms with Crippen LogP contribution in [0.2, 0.25) is 0 Å². The van der Waals surface area contributed by atoms with Gasteiger partial charge in [-0.3, -0.25) is 19.5 Å². The van der Waals surface area contributed by atoms with Crippen molar-refractivity contribution in [2.75, 3.05) is 10.6 Å². The molecule has 8 heteroatoms. The number of anilines is 2. The van der Waals surface area contributed by atoms with Crippen LogP contribution in [0.3, 0.4) is 0 Å². The summed E-state index contributed by atoms with van der Waals surface area (Å²) in [5.74, 6) is 0.292. The third kappa shape index (κ3) is 3.61. The minimum atomic E-state index is -0.598. The molecule has 0 aliphatic carbocycles. The zero-order valence-corrected chi connectivity index (χ0v) is 18.1. The number of non-ortho nitro benzene ring substituents is 1. The lowest BCUT2D eigenvalue weighted by atomic mass is 9.94. The number of nitrogens with zero attached hydrogens (tertiary/aromatic N) is 3. The van der Waals surface area contributed by atoms with E-state index in [9.17, 15) is 14.9 Å². The van der Waals surface area contributed by atoms with Gasteiger partial charge in [-0.15, -0.1) is 0 Å². The molecule has 0 fully saturated rings. The number of nitro groups is 1. The Morgan fingerprint density at radius 3 is 2.58 bits per heavy atom. The molecule has 1 aromatic heterocycles. The Balaban J connectivity index is 1.68. The summed E-state index contributed by atoms with van der Waals surface area (Å²) in [5, 5.41) is 17.7. The predicted molar refractivity (Wildman–Crippen MR) is 127 cm³/mol. The van der Waals surface area contributed by atoms with Crippen LogP contribution < -0.4 is 10.6 Å². The molecule has 4 aromatic rings. The summed E-state index contributed by atoms with van der Waals surface area (Å²) in [6.07, 6.45) is 0. The van der Waals surface area contributed by atoms with Crippen molar-refractivity contribution in [2.45, 2.75) is 19.9 Å². The zero-order valence-electron chi connectivity index (χ0n) is 18.1. The first kappa shape index (κ1) is 20.4. The number of carbonyl (C=O) groups is 1. The van der Waals surface area contributed by atoms with Crippen molar-refractivity contribution in [3.8, 4) is 0 Å².